The molecule has 0 saturated heterocycles. The third-order valence-electron chi connectivity index (χ3n) is 2.94. The Morgan fingerprint density at radius 1 is 0.722 bits per heavy atom. The van der Waals surface area contributed by atoms with E-state index in [1.165, 1.54) is 0 Å². The second kappa shape index (κ2) is 11.3. The minimum atomic E-state index is -0.494. The molecule has 0 N–H and O–H groups in total. The number of hydrogen-bond donors (Lipinski definition) is 0. The molecule has 4 nitrogen and oxygen atoms in total. The zero-order valence-electron chi connectivity index (χ0n) is 12.9. The van der Waals surface area contributed by atoms with Crippen molar-refractivity contribution in [2.75, 3.05) is 39.3 Å². The van der Waals surface area contributed by atoms with Gasteiger partial charge in [-0.15, -0.1) is 0 Å². The molecule has 0 heterocycles. The van der Waals surface area contributed by atoms with Gasteiger partial charge in [-0.1, -0.05) is 41.5 Å². The SMILES string of the molecule is CCN(CC)P=NP(N(CC)CC)N(CC)CC. The second-order valence-electron chi connectivity index (χ2n) is 3.86. The van der Waals surface area contributed by atoms with Crippen molar-refractivity contribution in [3.05, 3.63) is 0 Å². The Bertz CT molecular complexity index is 202. The molecule has 108 valence electrons. The molecule has 0 aromatic rings. The van der Waals surface area contributed by atoms with Crippen molar-refractivity contribution in [3.8, 4) is 0 Å². The number of rotatable bonds is 10. The van der Waals surface area contributed by atoms with E-state index in [-0.39, 0.29) is 0 Å². The Kier molecular flexibility index (Phi) is 11.5. The molecule has 0 aliphatic carbocycles. The Morgan fingerprint density at radius 3 is 1.39 bits per heavy atom. The highest BCUT2D eigenvalue weighted by Gasteiger charge is 2.21. The predicted molar refractivity (Wildman–Crippen MR) is 85.0 cm³/mol. The van der Waals surface area contributed by atoms with E-state index in [4.69, 9.17) is 4.52 Å². The van der Waals surface area contributed by atoms with Gasteiger partial charge in [0.2, 0.25) is 0 Å². The van der Waals surface area contributed by atoms with Crippen LogP contribution in [0.1, 0.15) is 41.5 Å². The summed E-state index contributed by atoms with van der Waals surface area (Å²) in [6.07, 6.45) is 0. The Balaban J connectivity index is 4.84. The van der Waals surface area contributed by atoms with Gasteiger partial charge in [-0.25, -0.2) is 4.67 Å². The van der Waals surface area contributed by atoms with Crippen LogP contribution in [-0.2, 0) is 0 Å². The normalized spacial score (nSPS) is 12.8. The van der Waals surface area contributed by atoms with E-state index < -0.39 is 8.37 Å². The van der Waals surface area contributed by atoms with E-state index in [2.05, 4.69) is 55.6 Å². The maximum absolute atomic E-state index is 4.96. The molecule has 0 amide bonds. The van der Waals surface area contributed by atoms with Gasteiger partial charge in [-0.2, -0.15) is 4.52 Å². The second-order valence-corrected chi connectivity index (χ2v) is 6.99. The monoisotopic (exact) mass is 292 g/mol. The van der Waals surface area contributed by atoms with E-state index in [0.29, 0.717) is 0 Å². The molecular weight excluding hydrogens is 262 g/mol. The smallest absolute Gasteiger partial charge is 0.174 e. The summed E-state index contributed by atoms with van der Waals surface area (Å²) in [6, 6.07) is 0. The largest absolute Gasteiger partial charge is 0.252 e. The molecule has 0 atom stereocenters. The summed E-state index contributed by atoms with van der Waals surface area (Å²) in [5.74, 6) is 0. The van der Waals surface area contributed by atoms with Crippen LogP contribution in [0.2, 0.25) is 0 Å². The number of hydrogen-bond acceptors (Lipinski definition) is 3. The molecule has 0 rings (SSSR count). The minimum absolute atomic E-state index is 0.494. The molecule has 0 aromatic carbocycles. The molecule has 18 heavy (non-hydrogen) atoms. The highest BCUT2D eigenvalue weighted by atomic mass is 31.2. The third kappa shape index (κ3) is 6.04. The fourth-order valence-electron chi connectivity index (χ4n) is 1.69. The maximum atomic E-state index is 4.96. The highest BCUT2D eigenvalue weighted by Crippen LogP contribution is 2.47. The summed E-state index contributed by atoms with van der Waals surface area (Å²) in [7, 11) is 0.634. The lowest BCUT2D eigenvalue weighted by atomic mass is 10.7. The average Bonchev–Trinajstić information content (AvgIpc) is 2.41. The standard InChI is InChI=1S/C12H30N4P2/c1-7-14(8-2)17-13-18(15(9-3)10-4)16(11-5)12-6/h7-12H2,1-6H3. The minimum Gasteiger partial charge on any atom is -0.252 e. The maximum Gasteiger partial charge on any atom is 0.174 e. The van der Waals surface area contributed by atoms with Crippen LogP contribution in [0.4, 0.5) is 0 Å². The first-order valence-corrected chi connectivity index (χ1v) is 9.14. The lowest BCUT2D eigenvalue weighted by Crippen LogP contribution is -2.27. The van der Waals surface area contributed by atoms with Crippen molar-refractivity contribution >= 4 is 16.9 Å². The summed E-state index contributed by atoms with van der Waals surface area (Å²) in [5.41, 5.74) is 0. The molecule has 0 spiro atoms. The first kappa shape index (κ1) is 18.4. The van der Waals surface area contributed by atoms with E-state index in [9.17, 15) is 0 Å². The Morgan fingerprint density at radius 2 is 1.11 bits per heavy atom. The zero-order chi connectivity index (χ0) is 14.0. The predicted octanol–water partition coefficient (Wildman–Crippen LogP) is 4.28. The molecule has 6 heteroatoms. The fraction of sp³-hybridized carbons (Fsp3) is 1.00. The molecule has 0 bridgehead atoms. The fourth-order valence-corrected chi connectivity index (χ4v) is 4.95. The molecule has 0 unspecified atom stereocenters. The van der Waals surface area contributed by atoms with Crippen molar-refractivity contribution in [2.24, 2.45) is 4.52 Å². The van der Waals surface area contributed by atoms with Crippen molar-refractivity contribution < 1.29 is 0 Å². The van der Waals surface area contributed by atoms with Gasteiger partial charge in [-0.05, 0) is 0 Å². The van der Waals surface area contributed by atoms with Crippen LogP contribution in [-0.4, -0.2) is 53.3 Å². The summed E-state index contributed by atoms with van der Waals surface area (Å²) in [6.45, 7) is 19.8. The van der Waals surface area contributed by atoms with Gasteiger partial charge in [0, 0.05) is 39.3 Å². The van der Waals surface area contributed by atoms with Crippen LogP contribution in [0.3, 0.4) is 0 Å². The first-order chi connectivity index (χ1) is 8.68. The quantitative estimate of drug-likeness (QED) is 0.561. The van der Waals surface area contributed by atoms with Gasteiger partial charge in [-0.3, -0.25) is 9.34 Å². The highest BCUT2D eigenvalue weighted by molar-refractivity contribution is 7.55. The van der Waals surface area contributed by atoms with E-state index in [1.54, 1.807) is 0 Å². The average molecular weight is 292 g/mol. The van der Waals surface area contributed by atoms with Gasteiger partial charge in [0.15, 0.2) is 8.37 Å². The van der Waals surface area contributed by atoms with Crippen LogP contribution < -0.4 is 0 Å². The van der Waals surface area contributed by atoms with E-state index in [1.807, 2.05) is 0 Å². The van der Waals surface area contributed by atoms with Gasteiger partial charge < -0.3 is 0 Å². The first-order valence-electron chi connectivity index (χ1n) is 7.14. The number of nitrogens with zero attached hydrogens (tertiary/aromatic N) is 4. The summed E-state index contributed by atoms with van der Waals surface area (Å²) in [5, 5.41) is 0. The van der Waals surface area contributed by atoms with Crippen molar-refractivity contribution in [1.82, 2.24) is 14.0 Å². The third-order valence-corrected chi connectivity index (χ3v) is 6.86. The van der Waals surface area contributed by atoms with Gasteiger partial charge >= 0.3 is 0 Å². The van der Waals surface area contributed by atoms with Gasteiger partial charge in [0.25, 0.3) is 0 Å². The van der Waals surface area contributed by atoms with Crippen molar-refractivity contribution in [3.63, 3.8) is 0 Å². The summed E-state index contributed by atoms with van der Waals surface area (Å²) in [4.78, 5) is 0. The summed E-state index contributed by atoms with van der Waals surface area (Å²) >= 11 is 0. The van der Waals surface area contributed by atoms with Gasteiger partial charge in [0.05, 0.1) is 0 Å². The Hall–Kier alpha value is 0.410. The Labute approximate surface area is 117 Å². The molecule has 0 saturated carbocycles. The van der Waals surface area contributed by atoms with Crippen molar-refractivity contribution in [1.29, 1.82) is 0 Å². The topological polar surface area (TPSA) is 22.1 Å². The lowest BCUT2D eigenvalue weighted by Gasteiger charge is -2.33. The lowest BCUT2D eigenvalue weighted by molar-refractivity contribution is 0.423. The molecule has 0 aliphatic rings. The summed E-state index contributed by atoms with van der Waals surface area (Å²) < 4.78 is 12.3. The molecule has 0 aromatic heterocycles. The van der Waals surface area contributed by atoms with E-state index >= 15 is 0 Å². The molecule has 0 aliphatic heterocycles. The van der Waals surface area contributed by atoms with Gasteiger partial charge in [0.1, 0.15) is 8.52 Å². The molecule has 0 radical (unpaired) electrons. The van der Waals surface area contributed by atoms with Crippen LogP contribution >= 0.6 is 16.9 Å². The van der Waals surface area contributed by atoms with Crippen LogP contribution in [0.15, 0.2) is 4.52 Å². The van der Waals surface area contributed by atoms with Crippen molar-refractivity contribution in [2.45, 2.75) is 41.5 Å². The van der Waals surface area contributed by atoms with Crippen LogP contribution in [0, 0.1) is 0 Å². The zero-order valence-corrected chi connectivity index (χ0v) is 14.7. The molecule has 0 fully saturated rings. The van der Waals surface area contributed by atoms with E-state index in [0.717, 1.165) is 47.8 Å². The molecular formula is C12H30N4P2. The van der Waals surface area contributed by atoms with Crippen LogP contribution in [0.25, 0.3) is 0 Å². The van der Waals surface area contributed by atoms with Crippen LogP contribution in [0.5, 0.6) is 0 Å².